The van der Waals surface area contributed by atoms with Gasteiger partial charge in [0.25, 0.3) is 0 Å². The number of aryl methyl sites for hydroxylation is 1. The average molecular weight is 443 g/mol. The van der Waals surface area contributed by atoms with E-state index in [1.165, 1.54) is 35.6 Å². The van der Waals surface area contributed by atoms with Gasteiger partial charge in [0.15, 0.2) is 0 Å². The van der Waals surface area contributed by atoms with Gasteiger partial charge in [-0.15, -0.1) is 0 Å². The topological polar surface area (TPSA) is 26.3 Å². The van der Waals surface area contributed by atoms with E-state index in [1.54, 1.807) is 13.0 Å². The second kappa shape index (κ2) is 8.87. The molecular formula is C30H31FO2. The summed E-state index contributed by atoms with van der Waals surface area (Å²) >= 11 is 0. The van der Waals surface area contributed by atoms with Gasteiger partial charge in [-0.1, -0.05) is 61.0 Å². The van der Waals surface area contributed by atoms with Gasteiger partial charge in [-0.25, -0.2) is 4.39 Å². The molecule has 170 valence electrons. The first-order valence-electron chi connectivity index (χ1n) is 12.0. The second-order valence-corrected chi connectivity index (χ2v) is 9.90. The van der Waals surface area contributed by atoms with Crippen molar-refractivity contribution < 1.29 is 13.9 Å². The summed E-state index contributed by atoms with van der Waals surface area (Å²) in [4.78, 5) is 12.1. The maximum Gasteiger partial charge on any atom is 0.133 e. The molecule has 5 rings (SSSR count). The summed E-state index contributed by atoms with van der Waals surface area (Å²) in [6.45, 7) is 6.36. The van der Waals surface area contributed by atoms with Crippen molar-refractivity contribution in [1.82, 2.24) is 0 Å². The van der Waals surface area contributed by atoms with Crippen LogP contribution in [0.2, 0.25) is 0 Å². The molecule has 1 saturated carbocycles. The number of benzene rings is 3. The highest BCUT2D eigenvalue weighted by Crippen LogP contribution is 2.47. The summed E-state index contributed by atoms with van der Waals surface area (Å²) in [5.74, 6) is 1.08. The SMILES string of the molecule is CC(=O)[C@@H](C)[C@H](c1ccc2c(c1)C[C@H](c1ccc(-c3cc(C)ccc3F)cc1)OC2)C1CC1. The Morgan fingerprint density at radius 2 is 1.76 bits per heavy atom. The molecule has 33 heavy (non-hydrogen) atoms. The van der Waals surface area contributed by atoms with Crippen molar-refractivity contribution in [2.75, 3.05) is 0 Å². The summed E-state index contributed by atoms with van der Waals surface area (Å²) in [5, 5.41) is 0. The molecule has 1 fully saturated rings. The van der Waals surface area contributed by atoms with Crippen LogP contribution in [0.15, 0.2) is 60.7 Å². The third kappa shape index (κ3) is 4.52. The normalized spacial score (nSPS) is 19.6. The number of carbonyl (C=O) groups excluding carboxylic acids is 1. The molecule has 1 heterocycles. The molecule has 2 aliphatic rings. The number of carbonyl (C=O) groups is 1. The zero-order valence-electron chi connectivity index (χ0n) is 19.6. The minimum absolute atomic E-state index is 0.0197. The zero-order valence-corrected chi connectivity index (χ0v) is 19.6. The number of fused-ring (bicyclic) bond motifs is 1. The molecule has 0 radical (unpaired) electrons. The van der Waals surface area contributed by atoms with Crippen molar-refractivity contribution >= 4 is 5.78 Å². The van der Waals surface area contributed by atoms with Gasteiger partial charge < -0.3 is 4.74 Å². The number of hydrogen-bond acceptors (Lipinski definition) is 2. The second-order valence-electron chi connectivity index (χ2n) is 9.90. The molecule has 3 aromatic carbocycles. The maximum atomic E-state index is 14.3. The summed E-state index contributed by atoms with van der Waals surface area (Å²) in [6, 6.07) is 20.0. The summed E-state index contributed by atoms with van der Waals surface area (Å²) in [7, 11) is 0. The first-order chi connectivity index (χ1) is 15.9. The fraction of sp³-hybridized carbons (Fsp3) is 0.367. The molecule has 0 amide bonds. The van der Waals surface area contributed by atoms with Gasteiger partial charge in [-0.2, -0.15) is 0 Å². The van der Waals surface area contributed by atoms with Crippen molar-refractivity contribution in [1.29, 1.82) is 0 Å². The molecule has 1 aliphatic heterocycles. The Labute approximate surface area is 195 Å². The van der Waals surface area contributed by atoms with Gasteiger partial charge in [-0.3, -0.25) is 4.79 Å². The van der Waals surface area contributed by atoms with Crippen LogP contribution in [0.4, 0.5) is 4.39 Å². The van der Waals surface area contributed by atoms with Crippen LogP contribution in [-0.4, -0.2) is 5.78 Å². The third-order valence-corrected chi connectivity index (χ3v) is 7.49. The quantitative estimate of drug-likeness (QED) is 0.399. The lowest BCUT2D eigenvalue weighted by Gasteiger charge is -2.28. The molecule has 3 aromatic rings. The lowest BCUT2D eigenvalue weighted by molar-refractivity contribution is -0.121. The fourth-order valence-electron chi connectivity index (χ4n) is 5.26. The Balaban J connectivity index is 1.38. The van der Waals surface area contributed by atoms with Gasteiger partial charge in [0.1, 0.15) is 11.6 Å². The molecule has 1 aliphatic carbocycles. The molecular weight excluding hydrogens is 411 g/mol. The minimum atomic E-state index is -0.200. The van der Waals surface area contributed by atoms with E-state index in [9.17, 15) is 9.18 Å². The number of ketones is 1. The Bertz CT molecular complexity index is 1180. The van der Waals surface area contributed by atoms with Gasteiger partial charge in [0, 0.05) is 17.9 Å². The Morgan fingerprint density at radius 1 is 1.00 bits per heavy atom. The van der Waals surface area contributed by atoms with Gasteiger partial charge in [0.2, 0.25) is 0 Å². The fourth-order valence-corrected chi connectivity index (χ4v) is 5.26. The minimum Gasteiger partial charge on any atom is -0.368 e. The number of halogens is 1. The Morgan fingerprint density at radius 3 is 2.45 bits per heavy atom. The standard InChI is InChI=1S/C30H31FO2/c1-18-4-13-28(31)27(14-18)21-5-7-22(8-6-21)29-16-26-15-24(11-12-25(26)17-33-29)30(23-9-10-23)19(2)20(3)32/h4-8,11-15,19,23,29-30H,9-10,16-17H2,1-3H3/t19-,29-,30+/m1/s1. The van der Waals surface area contributed by atoms with Crippen molar-refractivity contribution in [3.05, 3.63) is 94.3 Å². The predicted octanol–water partition coefficient (Wildman–Crippen LogP) is 7.33. The van der Waals surface area contributed by atoms with E-state index in [0.717, 1.165) is 23.1 Å². The molecule has 3 heteroatoms. The highest BCUT2D eigenvalue weighted by Gasteiger charge is 2.37. The van der Waals surface area contributed by atoms with E-state index >= 15 is 0 Å². The Hall–Kier alpha value is -2.78. The summed E-state index contributed by atoms with van der Waals surface area (Å²) < 4.78 is 20.5. The molecule has 3 atom stereocenters. The van der Waals surface area contributed by atoms with E-state index < -0.39 is 0 Å². The lowest BCUT2D eigenvalue weighted by atomic mass is 9.79. The highest BCUT2D eigenvalue weighted by molar-refractivity contribution is 5.79. The van der Waals surface area contributed by atoms with Crippen LogP contribution in [0.5, 0.6) is 0 Å². The van der Waals surface area contributed by atoms with E-state index in [0.29, 0.717) is 24.0 Å². The lowest BCUT2D eigenvalue weighted by Crippen LogP contribution is -2.20. The third-order valence-electron chi connectivity index (χ3n) is 7.49. The molecule has 0 N–H and O–H groups in total. The largest absolute Gasteiger partial charge is 0.368 e. The van der Waals surface area contributed by atoms with Crippen molar-refractivity contribution in [2.24, 2.45) is 11.8 Å². The van der Waals surface area contributed by atoms with Crippen LogP contribution in [0, 0.1) is 24.6 Å². The summed E-state index contributed by atoms with van der Waals surface area (Å²) in [5.41, 5.74) is 7.51. The van der Waals surface area contributed by atoms with Crippen LogP contribution in [-0.2, 0) is 22.6 Å². The first-order valence-corrected chi connectivity index (χ1v) is 12.0. The number of rotatable bonds is 6. The molecule has 2 nitrogen and oxygen atoms in total. The highest BCUT2D eigenvalue weighted by atomic mass is 19.1. The van der Waals surface area contributed by atoms with Gasteiger partial charge in [-0.05, 0) is 78.5 Å². The number of Topliss-reactive ketones (excluding diaryl/α,β-unsaturated/α-hetero) is 1. The smallest absolute Gasteiger partial charge is 0.133 e. The first kappa shape index (κ1) is 22.0. The van der Waals surface area contributed by atoms with E-state index in [2.05, 4.69) is 37.3 Å². The van der Waals surface area contributed by atoms with Gasteiger partial charge >= 0.3 is 0 Å². The predicted molar refractivity (Wildman–Crippen MR) is 130 cm³/mol. The molecule has 0 saturated heterocycles. The molecule has 0 spiro atoms. The van der Waals surface area contributed by atoms with Crippen LogP contribution in [0.3, 0.4) is 0 Å². The van der Waals surface area contributed by atoms with Crippen molar-refractivity contribution in [3.8, 4) is 11.1 Å². The number of ether oxygens (including phenoxy) is 1. The van der Waals surface area contributed by atoms with E-state index in [1.807, 2.05) is 25.1 Å². The van der Waals surface area contributed by atoms with Crippen molar-refractivity contribution in [2.45, 2.75) is 58.7 Å². The van der Waals surface area contributed by atoms with Gasteiger partial charge in [0.05, 0.1) is 12.7 Å². The van der Waals surface area contributed by atoms with Crippen LogP contribution >= 0.6 is 0 Å². The number of hydrogen-bond donors (Lipinski definition) is 0. The molecule has 0 bridgehead atoms. The zero-order chi connectivity index (χ0) is 23.1. The summed E-state index contributed by atoms with van der Waals surface area (Å²) in [6.07, 6.45) is 3.24. The molecule has 0 unspecified atom stereocenters. The van der Waals surface area contributed by atoms with Crippen molar-refractivity contribution in [3.63, 3.8) is 0 Å². The maximum absolute atomic E-state index is 14.3. The van der Waals surface area contributed by atoms with E-state index in [4.69, 9.17) is 4.74 Å². The van der Waals surface area contributed by atoms with Crippen LogP contribution in [0.25, 0.3) is 11.1 Å². The Kier molecular flexibility index (Phi) is 5.92. The monoisotopic (exact) mass is 442 g/mol. The average Bonchev–Trinajstić information content (AvgIpc) is 3.65. The van der Waals surface area contributed by atoms with Crippen LogP contribution in [0.1, 0.15) is 66.5 Å². The van der Waals surface area contributed by atoms with Crippen LogP contribution < -0.4 is 0 Å². The van der Waals surface area contributed by atoms with E-state index in [-0.39, 0.29) is 23.6 Å². The molecule has 0 aromatic heterocycles.